The van der Waals surface area contributed by atoms with Crippen molar-refractivity contribution < 1.29 is 4.79 Å². The van der Waals surface area contributed by atoms with E-state index in [4.69, 9.17) is 23.2 Å². The summed E-state index contributed by atoms with van der Waals surface area (Å²) in [5.41, 5.74) is -0.164. The minimum absolute atomic E-state index is 0.0467. The lowest BCUT2D eigenvalue weighted by molar-refractivity contribution is -0.114. The number of benzene rings is 3. The van der Waals surface area contributed by atoms with Gasteiger partial charge in [-0.05, 0) is 46.0 Å². The Morgan fingerprint density at radius 2 is 1.16 bits per heavy atom. The predicted octanol–water partition coefficient (Wildman–Crippen LogP) is 5.94. The average molecular weight is 467 g/mol. The molecule has 0 amide bonds. The Bertz CT molecular complexity index is 1040. The number of rotatable bonds is 6. The number of carbonyl (C=O) groups excluding carboxylic acids is 1. The van der Waals surface area contributed by atoms with Crippen LogP contribution in [-0.2, 0) is 4.79 Å². The van der Waals surface area contributed by atoms with Gasteiger partial charge in [-0.3, -0.25) is 4.79 Å². The highest BCUT2D eigenvalue weighted by molar-refractivity contribution is 7.95. The van der Waals surface area contributed by atoms with Gasteiger partial charge in [0.25, 0.3) is 0 Å². The molecule has 3 aromatic rings. The van der Waals surface area contributed by atoms with E-state index in [9.17, 15) is 4.79 Å². The molecule has 0 saturated heterocycles. The van der Waals surface area contributed by atoms with Crippen molar-refractivity contribution >= 4 is 57.6 Å². The van der Waals surface area contributed by atoms with Gasteiger partial charge in [-0.25, -0.2) is 0 Å². The van der Waals surface area contributed by atoms with Crippen LogP contribution < -0.4 is 15.9 Å². The zero-order valence-corrected chi connectivity index (χ0v) is 20.0. The molecule has 2 unspecified atom stereocenters. The maximum absolute atomic E-state index is 13.8. The molecule has 1 saturated carbocycles. The normalized spacial score (nSPS) is 19.4. The second-order valence-corrected chi connectivity index (χ2v) is 12.8. The van der Waals surface area contributed by atoms with Crippen molar-refractivity contribution in [1.29, 1.82) is 0 Å². The third-order valence-electron chi connectivity index (χ3n) is 6.33. The number of Topliss-reactive ketones (excluding diaryl/α,β-unsaturated/α-hetero) is 1. The summed E-state index contributed by atoms with van der Waals surface area (Å²) < 4.78 is 0.226. The number of carbonyl (C=O) groups is 1. The van der Waals surface area contributed by atoms with Gasteiger partial charge in [0.1, 0.15) is 4.49 Å². The Balaban J connectivity index is 1.97. The minimum Gasteiger partial charge on any atom is -0.294 e. The second kappa shape index (κ2) is 8.83. The van der Waals surface area contributed by atoms with Crippen LogP contribution in [0.1, 0.15) is 13.8 Å². The van der Waals surface area contributed by atoms with Crippen molar-refractivity contribution in [1.82, 2.24) is 0 Å². The summed E-state index contributed by atoms with van der Waals surface area (Å²) >= 11 is 11.9. The largest absolute Gasteiger partial charge is 0.294 e. The molecule has 0 N–H and O–H groups in total. The molecule has 0 spiro atoms. The molecule has 4 rings (SSSR count). The molecule has 0 aromatic heterocycles. The number of ketones is 1. The third-order valence-corrected chi connectivity index (χ3v) is 10.6. The van der Waals surface area contributed by atoms with Crippen molar-refractivity contribution in [2.24, 2.45) is 17.3 Å². The summed E-state index contributed by atoms with van der Waals surface area (Å²) in [5.74, 6) is 2.10. The van der Waals surface area contributed by atoms with Crippen LogP contribution in [0.15, 0.2) is 102 Å². The van der Waals surface area contributed by atoms with E-state index < -0.39 is 6.89 Å². The molecule has 3 aromatic carbocycles. The third kappa shape index (κ3) is 4.20. The Morgan fingerprint density at radius 1 is 0.774 bits per heavy atom. The molecule has 1 fully saturated rings. The number of hydrogen-bond donors (Lipinski definition) is 0. The van der Waals surface area contributed by atoms with E-state index in [0.717, 1.165) is 0 Å². The van der Waals surface area contributed by atoms with Crippen LogP contribution in [0.2, 0.25) is 0 Å². The predicted molar refractivity (Wildman–Crippen MR) is 137 cm³/mol. The van der Waals surface area contributed by atoms with Crippen LogP contribution in [0.4, 0.5) is 0 Å². The fourth-order valence-electron chi connectivity index (χ4n) is 4.60. The standard InChI is InChI=1S/C27H25Cl2OP/c1-27(2)23(18-25(28)29)26(27)24(30)19-31(20-12-6-3-7-13-20,21-14-8-4-9-15-21)22-16-10-5-11-17-22/h3-19,23,26H,1-2H3. The quantitative estimate of drug-likeness (QED) is 0.410. The first-order valence-corrected chi connectivity index (χ1v) is 13.0. The second-order valence-electron chi connectivity index (χ2n) is 8.54. The lowest BCUT2D eigenvalue weighted by Crippen LogP contribution is -2.29. The van der Waals surface area contributed by atoms with E-state index in [1.54, 1.807) is 0 Å². The molecule has 0 heterocycles. The van der Waals surface area contributed by atoms with Gasteiger partial charge < -0.3 is 0 Å². The van der Waals surface area contributed by atoms with Crippen molar-refractivity contribution in [3.63, 3.8) is 0 Å². The first-order valence-electron chi connectivity index (χ1n) is 10.4. The van der Waals surface area contributed by atoms with Crippen molar-refractivity contribution in [3.8, 4) is 0 Å². The zero-order chi connectivity index (χ0) is 22.1. The maximum Gasteiger partial charge on any atom is 0.160 e. The highest BCUT2D eigenvalue weighted by atomic mass is 35.5. The Kier molecular flexibility index (Phi) is 6.31. The summed E-state index contributed by atoms with van der Waals surface area (Å²) in [4.78, 5) is 13.8. The van der Waals surface area contributed by atoms with Gasteiger partial charge >= 0.3 is 0 Å². The minimum atomic E-state index is -2.30. The van der Waals surface area contributed by atoms with Gasteiger partial charge in [0.2, 0.25) is 0 Å². The molecular formula is C27H25Cl2OP. The van der Waals surface area contributed by atoms with Gasteiger partial charge in [0.15, 0.2) is 5.78 Å². The van der Waals surface area contributed by atoms with E-state index >= 15 is 0 Å². The van der Waals surface area contributed by atoms with Gasteiger partial charge in [-0.1, -0.05) is 128 Å². The first-order chi connectivity index (χ1) is 14.9. The topological polar surface area (TPSA) is 17.1 Å². The summed E-state index contributed by atoms with van der Waals surface area (Å²) in [6.45, 7) is 1.91. The van der Waals surface area contributed by atoms with Gasteiger partial charge in [0.05, 0.1) is 0 Å². The van der Waals surface area contributed by atoms with E-state index in [2.05, 4.69) is 50.2 Å². The molecule has 1 aliphatic carbocycles. The van der Waals surface area contributed by atoms with Crippen LogP contribution in [0, 0.1) is 17.3 Å². The first kappa shape index (κ1) is 22.2. The van der Waals surface area contributed by atoms with E-state index in [1.165, 1.54) is 15.9 Å². The van der Waals surface area contributed by atoms with Gasteiger partial charge in [0, 0.05) is 5.92 Å². The van der Waals surface area contributed by atoms with Crippen LogP contribution in [0.25, 0.3) is 0 Å². The van der Waals surface area contributed by atoms with Gasteiger partial charge in [-0.2, -0.15) is 0 Å². The van der Waals surface area contributed by atoms with Crippen LogP contribution in [0.3, 0.4) is 0 Å². The van der Waals surface area contributed by atoms with E-state index in [0.29, 0.717) is 0 Å². The maximum atomic E-state index is 13.8. The van der Waals surface area contributed by atoms with E-state index in [-0.39, 0.29) is 27.5 Å². The highest BCUT2D eigenvalue weighted by Crippen LogP contribution is 2.60. The Morgan fingerprint density at radius 3 is 1.52 bits per heavy atom. The van der Waals surface area contributed by atoms with Crippen molar-refractivity contribution in [2.45, 2.75) is 13.8 Å². The van der Waals surface area contributed by atoms with Crippen LogP contribution in [0.5, 0.6) is 0 Å². The summed E-state index contributed by atoms with van der Waals surface area (Å²) in [5, 5.41) is 3.50. The molecule has 0 aliphatic heterocycles. The SMILES string of the molecule is CC1(C)C(C=C(Cl)Cl)C1C(=O)C=P(c1ccccc1)(c1ccccc1)c1ccccc1. The highest BCUT2D eigenvalue weighted by Gasteiger charge is 2.60. The number of allylic oxidation sites excluding steroid dienone is 1. The van der Waals surface area contributed by atoms with Gasteiger partial charge in [-0.15, -0.1) is 0 Å². The lowest BCUT2D eigenvalue weighted by Gasteiger charge is -2.28. The van der Waals surface area contributed by atoms with Crippen LogP contribution in [-0.4, -0.2) is 11.6 Å². The molecule has 2 atom stereocenters. The fraction of sp³-hybridized carbons (Fsp3) is 0.185. The smallest absolute Gasteiger partial charge is 0.160 e. The molecule has 4 heteroatoms. The average Bonchev–Trinajstić information content (AvgIpc) is 3.32. The molecule has 1 nitrogen and oxygen atoms in total. The van der Waals surface area contributed by atoms with E-state index in [1.807, 2.05) is 66.5 Å². The summed E-state index contributed by atoms with van der Waals surface area (Å²) in [6, 6.07) is 31.2. The summed E-state index contributed by atoms with van der Waals surface area (Å²) in [7, 11) is 0. The van der Waals surface area contributed by atoms with Crippen molar-refractivity contribution in [3.05, 3.63) is 102 Å². The molecule has 1 aliphatic rings. The zero-order valence-electron chi connectivity index (χ0n) is 17.6. The molecule has 158 valence electrons. The van der Waals surface area contributed by atoms with Crippen LogP contribution >= 0.6 is 30.1 Å². The lowest BCUT2D eigenvalue weighted by atomic mass is 10.1. The Hall–Kier alpha value is -2.05. The number of hydrogen-bond acceptors (Lipinski definition) is 1. The summed E-state index contributed by atoms with van der Waals surface area (Å²) in [6.07, 6.45) is 1.81. The Labute approximate surface area is 194 Å². The number of halogens is 2. The monoisotopic (exact) mass is 466 g/mol. The molecule has 0 radical (unpaired) electrons. The fourth-order valence-corrected chi connectivity index (χ4v) is 8.68. The molecule has 31 heavy (non-hydrogen) atoms. The molecular weight excluding hydrogens is 442 g/mol. The van der Waals surface area contributed by atoms with Crippen molar-refractivity contribution in [2.75, 3.05) is 0 Å². The molecule has 0 bridgehead atoms.